The van der Waals surface area contributed by atoms with E-state index in [1.165, 1.54) is 63.0 Å². The van der Waals surface area contributed by atoms with Crippen molar-refractivity contribution in [1.82, 2.24) is 5.32 Å². The molecule has 1 saturated carbocycles. The molecule has 3 heteroatoms. The lowest BCUT2D eigenvalue weighted by atomic mass is 9.80. The van der Waals surface area contributed by atoms with Gasteiger partial charge in [0.15, 0.2) is 0 Å². The number of carbonyl (C=O) groups excluding carboxylic acids is 1. The second-order valence-corrected chi connectivity index (χ2v) is 7.94. The standard InChI is InChI=1S/C24H37NO2/c1-3-5-6-8-20-10-12-22(13-11-20)19-27-23-16-14-21(15-17-23)9-7-18-25-24(26)4-2/h4,14-17,20,22H,2-3,5-13,18-19H2,1H3,(H,25,26). The van der Waals surface area contributed by atoms with Gasteiger partial charge in [-0.2, -0.15) is 0 Å². The summed E-state index contributed by atoms with van der Waals surface area (Å²) >= 11 is 0. The molecule has 0 radical (unpaired) electrons. The van der Waals surface area contributed by atoms with Gasteiger partial charge in [0.2, 0.25) is 5.91 Å². The molecule has 0 aliphatic heterocycles. The first-order valence-electron chi connectivity index (χ1n) is 10.8. The maximum Gasteiger partial charge on any atom is 0.243 e. The first kappa shape index (κ1) is 21.5. The summed E-state index contributed by atoms with van der Waals surface area (Å²) in [5.74, 6) is 2.56. The lowest BCUT2D eigenvalue weighted by Gasteiger charge is -2.28. The third-order valence-corrected chi connectivity index (χ3v) is 5.72. The zero-order valence-corrected chi connectivity index (χ0v) is 17.1. The highest BCUT2D eigenvalue weighted by atomic mass is 16.5. The minimum absolute atomic E-state index is 0.103. The van der Waals surface area contributed by atoms with Gasteiger partial charge in [-0.15, -0.1) is 0 Å². The maximum absolute atomic E-state index is 11.1. The van der Waals surface area contributed by atoms with E-state index in [-0.39, 0.29) is 5.91 Å². The molecule has 2 rings (SSSR count). The second-order valence-electron chi connectivity index (χ2n) is 7.94. The fourth-order valence-corrected chi connectivity index (χ4v) is 3.91. The van der Waals surface area contributed by atoms with E-state index in [1.54, 1.807) is 0 Å². The Morgan fingerprint density at radius 1 is 1.11 bits per heavy atom. The molecule has 0 atom stereocenters. The molecule has 150 valence electrons. The number of unbranched alkanes of at least 4 members (excludes halogenated alkanes) is 2. The number of hydrogen-bond acceptors (Lipinski definition) is 2. The Bertz CT molecular complexity index is 544. The van der Waals surface area contributed by atoms with E-state index in [9.17, 15) is 4.79 Å². The third kappa shape index (κ3) is 8.64. The van der Waals surface area contributed by atoms with Crippen molar-refractivity contribution in [2.24, 2.45) is 11.8 Å². The molecule has 0 unspecified atom stereocenters. The van der Waals surface area contributed by atoms with Crippen LogP contribution in [0.3, 0.4) is 0 Å². The SMILES string of the molecule is C=CC(=O)NCCCc1ccc(OCC2CCC(CCCCC)CC2)cc1. The van der Waals surface area contributed by atoms with Crippen LogP contribution >= 0.6 is 0 Å². The highest BCUT2D eigenvalue weighted by Crippen LogP contribution is 2.32. The quantitative estimate of drug-likeness (QED) is 0.379. The molecule has 1 aliphatic rings. The van der Waals surface area contributed by atoms with Gasteiger partial charge in [-0.3, -0.25) is 4.79 Å². The van der Waals surface area contributed by atoms with Crippen molar-refractivity contribution in [3.63, 3.8) is 0 Å². The maximum atomic E-state index is 11.1. The summed E-state index contributed by atoms with van der Waals surface area (Å²) in [4.78, 5) is 11.1. The van der Waals surface area contributed by atoms with Crippen molar-refractivity contribution in [3.05, 3.63) is 42.5 Å². The van der Waals surface area contributed by atoms with Crippen molar-refractivity contribution in [3.8, 4) is 5.75 Å². The number of aryl methyl sites for hydroxylation is 1. The van der Waals surface area contributed by atoms with E-state index in [0.717, 1.165) is 37.0 Å². The molecule has 0 spiro atoms. The van der Waals surface area contributed by atoms with Gasteiger partial charge in [0.05, 0.1) is 6.61 Å². The Morgan fingerprint density at radius 3 is 2.48 bits per heavy atom. The summed E-state index contributed by atoms with van der Waals surface area (Å²) in [6, 6.07) is 8.42. The van der Waals surface area contributed by atoms with Crippen molar-refractivity contribution < 1.29 is 9.53 Å². The summed E-state index contributed by atoms with van der Waals surface area (Å²) in [6.07, 6.45) is 14.2. The Balaban J connectivity index is 1.60. The molecule has 3 nitrogen and oxygen atoms in total. The predicted molar refractivity (Wildman–Crippen MR) is 113 cm³/mol. The normalized spacial score (nSPS) is 19.4. The molecule has 0 heterocycles. The average Bonchev–Trinajstić information content (AvgIpc) is 2.71. The van der Waals surface area contributed by atoms with Gasteiger partial charge in [-0.25, -0.2) is 0 Å². The molecule has 1 fully saturated rings. The summed E-state index contributed by atoms with van der Waals surface area (Å²) < 4.78 is 6.04. The van der Waals surface area contributed by atoms with Crippen LogP contribution in [0.2, 0.25) is 0 Å². The number of nitrogens with one attached hydrogen (secondary N) is 1. The van der Waals surface area contributed by atoms with E-state index in [0.29, 0.717) is 6.54 Å². The number of carbonyl (C=O) groups is 1. The number of hydrogen-bond donors (Lipinski definition) is 1. The van der Waals surface area contributed by atoms with Crippen LogP contribution in [0.25, 0.3) is 0 Å². The summed E-state index contributed by atoms with van der Waals surface area (Å²) in [7, 11) is 0. The van der Waals surface area contributed by atoms with E-state index < -0.39 is 0 Å². The van der Waals surface area contributed by atoms with Crippen molar-refractivity contribution in [1.29, 1.82) is 0 Å². The molecular weight excluding hydrogens is 334 g/mol. The molecule has 1 aliphatic carbocycles. The smallest absolute Gasteiger partial charge is 0.243 e. The van der Waals surface area contributed by atoms with Gasteiger partial charge in [0.25, 0.3) is 0 Å². The molecule has 1 aromatic carbocycles. The van der Waals surface area contributed by atoms with Crippen LogP contribution in [-0.2, 0) is 11.2 Å². The molecule has 27 heavy (non-hydrogen) atoms. The highest BCUT2D eigenvalue weighted by molar-refractivity contribution is 5.86. The van der Waals surface area contributed by atoms with Crippen LogP contribution in [-0.4, -0.2) is 19.1 Å². The molecule has 0 saturated heterocycles. The Hall–Kier alpha value is -1.77. The Labute approximate surface area is 165 Å². The average molecular weight is 372 g/mol. The molecule has 1 amide bonds. The van der Waals surface area contributed by atoms with Crippen molar-refractivity contribution >= 4 is 5.91 Å². The summed E-state index contributed by atoms with van der Waals surface area (Å²) in [5, 5.41) is 2.81. The van der Waals surface area contributed by atoms with Gasteiger partial charge < -0.3 is 10.1 Å². The molecule has 0 bridgehead atoms. The minimum atomic E-state index is -0.103. The number of ether oxygens (including phenoxy) is 1. The topological polar surface area (TPSA) is 38.3 Å². The highest BCUT2D eigenvalue weighted by Gasteiger charge is 2.21. The van der Waals surface area contributed by atoms with Crippen LogP contribution in [0.4, 0.5) is 0 Å². The van der Waals surface area contributed by atoms with E-state index >= 15 is 0 Å². The second kappa shape index (κ2) is 12.6. The fourth-order valence-electron chi connectivity index (χ4n) is 3.91. The zero-order chi connectivity index (χ0) is 19.3. The van der Waals surface area contributed by atoms with Gasteiger partial charge in [-0.1, -0.05) is 64.2 Å². The number of benzene rings is 1. The minimum Gasteiger partial charge on any atom is -0.493 e. The fraction of sp³-hybridized carbons (Fsp3) is 0.625. The van der Waals surface area contributed by atoms with Gasteiger partial charge in [0.1, 0.15) is 5.75 Å². The van der Waals surface area contributed by atoms with Crippen LogP contribution < -0.4 is 10.1 Å². The summed E-state index contributed by atoms with van der Waals surface area (Å²) in [6.45, 7) is 7.27. The van der Waals surface area contributed by atoms with Gasteiger partial charge >= 0.3 is 0 Å². The first-order chi connectivity index (χ1) is 13.2. The monoisotopic (exact) mass is 371 g/mol. The molecule has 1 aromatic rings. The van der Waals surface area contributed by atoms with E-state index in [2.05, 4.69) is 43.1 Å². The van der Waals surface area contributed by atoms with Crippen LogP contribution in [0, 0.1) is 11.8 Å². The zero-order valence-electron chi connectivity index (χ0n) is 17.1. The summed E-state index contributed by atoms with van der Waals surface area (Å²) in [5.41, 5.74) is 1.28. The van der Waals surface area contributed by atoms with E-state index in [4.69, 9.17) is 4.74 Å². The Morgan fingerprint density at radius 2 is 1.81 bits per heavy atom. The first-order valence-corrected chi connectivity index (χ1v) is 10.8. The van der Waals surface area contributed by atoms with Crippen LogP contribution in [0.15, 0.2) is 36.9 Å². The predicted octanol–water partition coefficient (Wildman–Crippen LogP) is 5.69. The largest absolute Gasteiger partial charge is 0.493 e. The van der Waals surface area contributed by atoms with Gasteiger partial charge in [0, 0.05) is 6.54 Å². The van der Waals surface area contributed by atoms with Crippen LogP contribution in [0.1, 0.15) is 70.3 Å². The molecule has 1 N–H and O–H groups in total. The van der Waals surface area contributed by atoms with Crippen molar-refractivity contribution in [2.45, 2.75) is 71.1 Å². The van der Waals surface area contributed by atoms with Crippen LogP contribution in [0.5, 0.6) is 5.75 Å². The lowest BCUT2D eigenvalue weighted by molar-refractivity contribution is -0.116. The lowest BCUT2D eigenvalue weighted by Crippen LogP contribution is -2.22. The van der Waals surface area contributed by atoms with E-state index in [1.807, 2.05) is 0 Å². The molecule has 0 aromatic heterocycles. The molecular formula is C24H37NO2. The third-order valence-electron chi connectivity index (χ3n) is 5.72. The van der Waals surface area contributed by atoms with Crippen molar-refractivity contribution in [2.75, 3.05) is 13.2 Å². The Kier molecular flexibility index (Phi) is 10.0. The number of amides is 1. The van der Waals surface area contributed by atoms with Gasteiger partial charge in [-0.05, 0) is 61.3 Å². The number of rotatable bonds is 12.